The predicted octanol–water partition coefficient (Wildman–Crippen LogP) is 3.03. The third-order valence-electron chi connectivity index (χ3n) is 3.64. The molecule has 0 spiro atoms. The number of carbonyl (C=O) groups excluding carboxylic acids is 1. The lowest BCUT2D eigenvalue weighted by atomic mass is 9.68. The van der Waals surface area contributed by atoms with Crippen molar-refractivity contribution in [3.05, 3.63) is 40.7 Å². The zero-order valence-corrected chi connectivity index (χ0v) is 12.4. The van der Waals surface area contributed by atoms with E-state index in [9.17, 15) is 10.1 Å². The molecular weight excluding hydrogens is 276 g/mol. The molecule has 0 aliphatic heterocycles. The normalized spacial score (nSPS) is 24.9. The van der Waals surface area contributed by atoms with Gasteiger partial charge in [-0.1, -0.05) is 31.5 Å². The number of hydrogen-bond acceptors (Lipinski definition) is 4. The van der Waals surface area contributed by atoms with Crippen LogP contribution in [-0.4, -0.2) is 17.9 Å². The maximum Gasteiger partial charge on any atom is 0.178 e. The quantitative estimate of drug-likeness (QED) is 0.785. The molecule has 2 rings (SSSR count). The van der Waals surface area contributed by atoms with E-state index in [0.29, 0.717) is 17.1 Å². The van der Waals surface area contributed by atoms with Crippen LogP contribution >= 0.6 is 11.6 Å². The van der Waals surface area contributed by atoms with Gasteiger partial charge >= 0.3 is 0 Å². The highest BCUT2D eigenvalue weighted by Crippen LogP contribution is 2.46. The summed E-state index contributed by atoms with van der Waals surface area (Å²) >= 11 is 6.16. The van der Waals surface area contributed by atoms with Gasteiger partial charge < -0.3 is 4.74 Å². The van der Waals surface area contributed by atoms with Gasteiger partial charge in [-0.2, -0.15) is 5.26 Å². The molecule has 1 aromatic heterocycles. The van der Waals surface area contributed by atoms with Crippen LogP contribution in [0.3, 0.4) is 0 Å². The minimum Gasteiger partial charge on any atom is -0.369 e. The van der Waals surface area contributed by atoms with Crippen LogP contribution in [0.4, 0.5) is 0 Å². The summed E-state index contributed by atoms with van der Waals surface area (Å²) in [6.45, 7) is 3.61. The number of nitrogens with zero attached hydrogens (tertiary/aromatic N) is 2. The first kappa shape index (κ1) is 14.7. The standard InChI is InChI=1S/C15H15ClN2O2/c1-14(2)9-15(20-3,7-10(8-17)12(14)19)11-5-4-6-18-13(11)16/h4-7H,9H2,1-3H3. The van der Waals surface area contributed by atoms with Gasteiger partial charge in [0.2, 0.25) is 0 Å². The molecule has 1 aliphatic carbocycles. The largest absolute Gasteiger partial charge is 0.369 e. The maximum atomic E-state index is 12.2. The molecule has 1 unspecified atom stereocenters. The summed E-state index contributed by atoms with van der Waals surface area (Å²) < 4.78 is 5.66. The van der Waals surface area contributed by atoms with E-state index in [0.717, 1.165) is 0 Å². The molecule has 0 aromatic carbocycles. The first-order chi connectivity index (χ1) is 9.36. The number of ketones is 1. The molecule has 1 aliphatic rings. The predicted molar refractivity (Wildman–Crippen MR) is 75.0 cm³/mol. The number of aromatic nitrogens is 1. The molecule has 0 N–H and O–H groups in total. The van der Waals surface area contributed by atoms with E-state index < -0.39 is 11.0 Å². The molecule has 4 nitrogen and oxygen atoms in total. The summed E-state index contributed by atoms with van der Waals surface area (Å²) in [5.41, 5.74) is -0.844. The number of Topliss-reactive ketones (excluding diaryl/α,β-unsaturated/α-hetero) is 1. The average Bonchev–Trinajstić information content (AvgIpc) is 2.42. The van der Waals surface area contributed by atoms with E-state index in [1.807, 2.05) is 6.07 Å². The molecule has 1 heterocycles. The molecule has 0 fully saturated rings. The Kier molecular flexibility index (Phi) is 3.68. The number of nitriles is 1. The Bertz CT molecular complexity index is 631. The summed E-state index contributed by atoms with van der Waals surface area (Å²) in [4.78, 5) is 16.3. The average molecular weight is 291 g/mol. The van der Waals surface area contributed by atoms with Crippen LogP contribution < -0.4 is 0 Å². The van der Waals surface area contributed by atoms with Crippen molar-refractivity contribution in [3.63, 3.8) is 0 Å². The topological polar surface area (TPSA) is 63.0 Å². The van der Waals surface area contributed by atoms with Crippen LogP contribution in [-0.2, 0) is 15.1 Å². The van der Waals surface area contributed by atoms with Crippen molar-refractivity contribution in [2.75, 3.05) is 7.11 Å². The Hall–Kier alpha value is -1.70. The van der Waals surface area contributed by atoms with Crippen molar-refractivity contribution in [1.29, 1.82) is 5.26 Å². The summed E-state index contributed by atoms with van der Waals surface area (Å²) in [5, 5.41) is 9.51. The summed E-state index contributed by atoms with van der Waals surface area (Å²) in [6, 6.07) is 5.51. The van der Waals surface area contributed by atoms with Crippen molar-refractivity contribution in [2.24, 2.45) is 5.41 Å². The van der Waals surface area contributed by atoms with Crippen molar-refractivity contribution < 1.29 is 9.53 Å². The molecule has 0 amide bonds. The van der Waals surface area contributed by atoms with Crippen LogP contribution in [0.5, 0.6) is 0 Å². The van der Waals surface area contributed by atoms with Crippen LogP contribution in [0.2, 0.25) is 5.15 Å². The third-order valence-corrected chi connectivity index (χ3v) is 3.94. The molecule has 20 heavy (non-hydrogen) atoms. The molecule has 1 atom stereocenters. The highest BCUT2D eigenvalue weighted by atomic mass is 35.5. The van der Waals surface area contributed by atoms with Crippen LogP contribution in [0.15, 0.2) is 30.0 Å². The highest BCUT2D eigenvalue weighted by molar-refractivity contribution is 6.30. The summed E-state index contributed by atoms with van der Waals surface area (Å²) in [7, 11) is 1.54. The molecule has 104 valence electrons. The number of rotatable bonds is 2. The second-order valence-electron chi connectivity index (χ2n) is 5.49. The van der Waals surface area contributed by atoms with E-state index >= 15 is 0 Å². The van der Waals surface area contributed by atoms with Gasteiger partial charge in [0.05, 0.1) is 5.57 Å². The zero-order chi connectivity index (χ0) is 15.0. The molecule has 0 saturated carbocycles. The number of methoxy groups -OCH3 is 1. The van der Waals surface area contributed by atoms with Crippen LogP contribution in [0.25, 0.3) is 0 Å². The van der Waals surface area contributed by atoms with E-state index in [2.05, 4.69) is 4.98 Å². The highest BCUT2D eigenvalue weighted by Gasteiger charge is 2.47. The monoisotopic (exact) mass is 290 g/mol. The molecule has 0 bridgehead atoms. The van der Waals surface area contributed by atoms with Gasteiger partial charge in [-0.25, -0.2) is 4.98 Å². The van der Waals surface area contributed by atoms with E-state index in [1.165, 1.54) is 0 Å². The molecular formula is C15H15ClN2O2. The van der Waals surface area contributed by atoms with Gasteiger partial charge in [0.25, 0.3) is 0 Å². The second-order valence-corrected chi connectivity index (χ2v) is 5.85. The Morgan fingerprint density at radius 2 is 2.20 bits per heavy atom. The van der Waals surface area contributed by atoms with Crippen molar-refractivity contribution in [1.82, 2.24) is 4.98 Å². The lowest BCUT2D eigenvalue weighted by Gasteiger charge is -2.40. The minimum atomic E-state index is -0.909. The first-order valence-corrected chi connectivity index (χ1v) is 6.58. The molecule has 0 radical (unpaired) electrons. The summed E-state index contributed by atoms with van der Waals surface area (Å²) in [6.07, 6.45) is 3.55. The number of ether oxygens (including phenoxy) is 1. The van der Waals surface area contributed by atoms with E-state index in [1.54, 1.807) is 45.4 Å². The maximum absolute atomic E-state index is 12.2. The van der Waals surface area contributed by atoms with Gasteiger partial charge in [0.15, 0.2) is 5.78 Å². The minimum absolute atomic E-state index is 0.100. The zero-order valence-electron chi connectivity index (χ0n) is 11.6. The first-order valence-electron chi connectivity index (χ1n) is 6.20. The lowest BCUT2D eigenvalue weighted by Crippen LogP contribution is -2.42. The van der Waals surface area contributed by atoms with E-state index in [-0.39, 0.29) is 11.4 Å². The van der Waals surface area contributed by atoms with Crippen molar-refractivity contribution in [2.45, 2.75) is 25.9 Å². The molecule has 0 saturated heterocycles. The van der Waals surface area contributed by atoms with Gasteiger partial charge in [-0.15, -0.1) is 0 Å². The van der Waals surface area contributed by atoms with Gasteiger partial charge in [0.1, 0.15) is 16.8 Å². The Balaban J connectivity index is 2.68. The van der Waals surface area contributed by atoms with Gasteiger partial charge in [0, 0.05) is 24.3 Å². The Morgan fingerprint density at radius 3 is 2.75 bits per heavy atom. The molecule has 1 aromatic rings. The fourth-order valence-electron chi connectivity index (χ4n) is 2.65. The number of hydrogen-bond donors (Lipinski definition) is 0. The van der Waals surface area contributed by atoms with Gasteiger partial charge in [-0.3, -0.25) is 4.79 Å². The van der Waals surface area contributed by atoms with Crippen LogP contribution in [0, 0.1) is 16.7 Å². The van der Waals surface area contributed by atoms with E-state index in [4.69, 9.17) is 16.3 Å². The molecule has 5 heteroatoms. The number of allylic oxidation sites excluding steroid dienone is 1. The van der Waals surface area contributed by atoms with Crippen LogP contribution in [0.1, 0.15) is 25.8 Å². The fraction of sp³-hybridized carbons (Fsp3) is 0.400. The lowest BCUT2D eigenvalue weighted by molar-refractivity contribution is -0.128. The van der Waals surface area contributed by atoms with Crippen molar-refractivity contribution in [3.8, 4) is 6.07 Å². The number of carbonyl (C=O) groups is 1. The van der Waals surface area contributed by atoms with Crippen molar-refractivity contribution >= 4 is 17.4 Å². The smallest absolute Gasteiger partial charge is 0.178 e. The Morgan fingerprint density at radius 1 is 1.50 bits per heavy atom. The SMILES string of the molecule is COC1(c2cccnc2Cl)C=C(C#N)C(=O)C(C)(C)C1. The number of pyridine rings is 1. The summed E-state index contributed by atoms with van der Waals surface area (Å²) in [5.74, 6) is -0.173. The fourth-order valence-corrected chi connectivity index (χ4v) is 2.93. The third kappa shape index (κ3) is 2.24. The second kappa shape index (κ2) is 5.01. The number of halogens is 1. The Labute approximate surface area is 123 Å². The van der Waals surface area contributed by atoms with Gasteiger partial charge in [-0.05, 0) is 18.6 Å².